The van der Waals surface area contributed by atoms with Crippen molar-refractivity contribution in [3.8, 4) is 0 Å². The van der Waals surface area contributed by atoms with E-state index in [0.29, 0.717) is 5.52 Å². The molecular weight excluding hydrogens is 329 g/mol. The highest BCUT2D eigenvalue weighted by atomic mass is 19.4. The molecule has 1 fully saturated rings. The normalized spacial score (nSPS) is 21.2. The molecule has 1 atom stereocenters. The Morgan fingerprint density at radius 3 is 2.75 bits per heavy atom. The van der Waals surface area contributed by atoms with Gasteiger partial charge >= 0.3 is 11.9 Å². The van der Waals surface area contributed by atoms with E-state index in [9.17, 15) is 22.8 Å². The van der Waals surface area contributed by atoms with E-state index in [0.717, 1.165) is 4.90 Å². The molecule has 2 N–H and O–H groups in total. The zero-order valence-corrected chi connectivity index (χ0v) is 12.9. The number of halogens is 3. The largest absolute Gasteiger partial charge is 0.416 e. The monoisotopic (exact) mass is 344 g/mol. The second-order valence-electron chi connectivity index (χ2n) is 6.27. The van der Waals surface area contributed by atoms with Gasteiger partial charge in [0.1, 0.15) is 5.69 Å². The van der Waals surface area contributed by atoms with Gasteiger partial charge in [-0.2, -0.15) is 13.2 Å². The van der Waals surface area contributed by atoms with E-state index in [1.54, 1.807) is 0 Å². The molecule has 130 valence electrons. The minimum absolute atomic E-state index is 0.00177. The molecule has 1 unspecified atom stereocenters. The van der Waals surface area contributed by atoms with Gasteiger partial charge in [0.2, 0.25) is 0 Å². The lowest BCUT2D eigenvalue weighted by Crippen LogP contribution is -2.58. The fraction of sp³-hybridized carbons (Fsp3) is 0.500. The summed E-state index contributed by atoms with van der Waals surface area (Å²) in [6.07, 6.45) is -6.62. The van der Waals surface area contributed by atoms with Crippen molar-refractivity contribution >= 4 is 17.1 Å². The van der Waals surface area contributed by atoms with Crippen LogP contribution in [0, 0.1) is 0 Å². The molecule has 7 nitrogen and oxygen atoms in total. The van der Waals surface area contributed by atoms with Crippen molar-refractivity contribution in [2.75, 3.05) is 13.1 Å². The van der Waals surface area contributed by atoms with Crippen LogP contribution in [-0.2, 0) is 4.74 Å². The van der Waals surface area contributed by atoms with Gasteiger partial charge in [0.15, 0.2) is 11.8 Å². The Balaban J connectivity index is 1.90. The fourth-order valence-corrected chi connectivity index (χ4v) is 2.71. The van der Waals surface area contributed by atoms with Crippen molar-refractivity contribution in [1.29, 1.82) is 0 Å². The Kier molecular flexibility index (Phi) is 3.67. The molecule has 0 aliphatic carbocycles. The summed E-state index contributed by atoms with van der Waals surface area (Å²) < 4.78 is 44.1. The van der Waals surface area contributed by atoms with Crippen molar-refractivity contribution in [3.63, 3.8) is 0 Å². The number of nitrogens with one attached hydrogen (secondary N) is 2. The van der Waals surface area contributed by atoms with E-state index >= 15 is 0 Å². The number of imidazole rings is 1. The van der Waals surface area contributed by atoms with Gasteiger partial charge < -0.3 is 14.6 Å². The lowest BCUT2D eigenvalue weighted by atomic mass is 10.0. The second-order valence-corrected chi connectivity index (χ2v) is 6.27. The number of nitrogens with zero attached hydrogens (tertiary/aromatic N) is 2. The molecule has 1 saturated heterocycles. The Morgan fingerprint density at radius 2 is 2.08 bits per heavy atom. The third kappa shape index (κ3) is 3.14. The standard InChI is InChI=1S/C14H15F3N4O3/c1-13(2)6-21(5-9(24-13)14(15,16)17)11(22)8-4-3-7-10(18-8)20-12(23)19-7/h3-4,9H,5-6H2,1-2H3,(H2,18,19,20,23). The number of rotatable bonds is 1. The number of H-pyrrole nitrogens is 2. The van der Waals surface area contributed by atoms with Gasteiger partial charge in [-0.15, -0.1) is 0 Å². The van der Waals surface area contributed by atoms with Crippen LogP contribution in [0.25, 0.3) is 11.2 Å². The van der Waals surface area contributed by atoms with E-state index in [4.69, 9.17) is 4.74 Å². The summed E-state index contributed by atoms with van der Waals surface area (Å²) in [6.45, 7) is 2.38. The first-order chi connectivity index (χ1) is 11.0. The lowest BCUT2D eigenvalue weighted by molar-refractivity contribution is -0.267. The van der Waals surface area contributed by atoms with Gasteiger partial charge in [-0.05, 0) is 26.0 Å². The van der Waals surface area contributed by atoms with Crippen LogP contribution in [0.3, 0.4) is 0 Å². The molecule has 10 heteroatoms. The maximum Gasteiger partial charge on any atom is 0.416 e. The Hall–Kier alpha value is -2.36. The van der Waals surface area contributed by atoms with E-state index in [2.05, 4.69) is 15.0 Å². The quantitative estimate of drug-likeness (QED) is 0.819. The highest BCUT2D eigenvalue weighted by Crippen LogP contribution is 2.32. The summed E-state index contributed by atoms with van der Waals surface area (Å²) in [5.41, 5.74) is -1.08. The van der Waals surface area contributed by atoms with Gasteiger partial charge in [0, 0.05) is 6.54 Å². The summed E-state index contributed by atoms with van der Waals surface area (Å²) in [5.74, 6) is -0.649. The molecule has 0 saturated carbocycles. The first kappa shape index (κ1) is 16.5. The van der Waals surface area contributed by atoms with Crippen LogP contribution in [-0.4, -0.2) is 56.7 Å². The summed E-state index contributed by atoms with van der Waals surface area (Å²) in [6, 6.07) is 2.83. The number of carbonyl (C=O) groups excluding carboxylic acids is 1. The lowest BCUT2D eigenvalue weighted by Gasteiger charge is -2.43. The van der Waals surface area contributed by atoms with Crippen LogP contribution in [0.15, 0.2) is 16.9 Å². The first-order valence-electron chi connectivity index (χ1n) is 7.18. The van der Waals surface area contributed by atoms with Crippen LogP contribution in [0.2, 0.25) is 0 Å². The molecular formula is C14H15F3N4O3. The summed E-state index contributed by atoms with van der Waals surface area (Å²) in [7, 11) is 0. The molecule has 2 aromatic rings. The van der Waals surface area contributed by atoms with Gasteiger partial charge in [-0.25, -0.2) is 9.78 Å². The fourth-order valence-electron chi connectivity index (χ4n) is 2.71. The van der Waals surface area contributed by atoms with Crippen LogP contribution < -0.4 is 5.69 Å². The van der Waals surface area contributed by atoms with Crippen molar-refractivity contribution in [1.82, 2.24) is 19.9 Å². The van der Waals surface area contributed by atoms with E-state index in [1.807, 2.05) is 0 Å². The maximum atomic E-state index is 13.0. The SMILES string of the molecule is CC1(C)CN(C(=O)c2ccc3[nH]c(=O)[nH]c3n2)CC(C(F)(F)F)O1. The number of fused-ring (bicyclic) bond motifs is 1. The third-order valence-corrected chi connectivity index (χ3v) is 3.67. The van der Waals surface area contributed by atoms with E-state index in [-0.39, 0.29) is 17.9 Å². The van der Waals surface area contributed by atoms with Crippen LogP contribution in [0.5, 0.6) is 0 Å². The molecule has 3 rings (SSSR count). The number of carbonyl (C=O) groups is 1. The third-order valence-electron chi connectivity index (χ3n) is 3.67. The Labute approximate surface area is 133 Å². The Bertz CT molecular complexity index is 840. The number of morpholine rings is 1. The summed E-state index contributed by atoms with van der Waals surface area (Å²) in [5, 5.41) is 0. The van der Waals surface area contributed by atoms with Crippen molar-refractivity contribution in [2.24, 2.45) is 0 Å². The average Bonchev–Trinajstić information content (AvgIpc) is 2.82. The molecule has 3 heterocycles. The van der Waals surface area contributed by atoms with E-state index in [1.165, 1.54) is 26.0 Å². The molecule has 2 aromatic heterocycles. The molecule has 0 radical (unpaired) electrons. The minimum Gasteiger partial charge on any atom is -0.359 e. The summed E-state index contributed by atoms with van der Waals surface area (Å²) in [4.78, 5) is 33.7. The number of hydrogen-bond donors (Lipinski definition) is 2. The van der Waals surface area contributed by atoms with Gasteiger partial charge in [-0.1, -0.05) is 0 Å². The Morgan fingerprint density at radius 1 is 1.38 bits per heavy atom. The van der Waals surface area contributed by atoms with Crippen molar-refractivity contribution in [2.45, 2.75) is 31.7 Å². The predicted octanol–water partition coefficient (Wildman–Crippen LogP) is 1.43. The number of aromatic amines is 2. The minimum atomic E-state index is -4.57. The van der Waals surface area contributed by atoms with Gasteiger partial charge in [0.05, 0.1) is 17.7 Å². The van der Waals surface area contributed by atoms with Crippen LogP contribution >= 0.6 is 0 Å². The number of ether oxygens (including phenoxy) is 1. The molecule has 1 aliphatic heterocycles. The van der Waals surface area contributed by atoms with Gasteiger partial charge in [-0.3, -0.25) is 9.78 Å². The predicted molar refractivity (Wildman–Crippen MR) is 77.6 cm³/mol. The highest BCUT2D eigenvalue weighted by molar-refractivity contribution is 5.94. The van der Waals surface area contributed by atoms with Crippen molar-refractivity contribution in [3.05, 3.63) is 28.3 Å². The molecule has 1 aliphatic rings. The number of alkyl halides is 3. The molecule has 24 heavy (non-hydrogen) atoms. The smallest absolute Gasteiger partial charge is 0.359 e. The second kappa shape index (κ2) is 5.33. The highest BCUT2D eigenvalue weighted by Gasteiger charge is 2.49. The number of hydrogen-bond acceptors (Lipinski definition) is 4. The average molecular weight is 344 g/mol. The molecule has 0 bridgehead atoms. The molecule has 1 amide bonds. The van der Waals surface area contributed by atoms with Crippen LogP contribution in [0.4, 0.5) is 13.2 Å². The number of aromatic nitrogens is 3. The number of pyridine rings is 1. The molecule has 0 aromatic carbocycles. The van der Waals surface area contributed by atoms with Crippen LogP contribution in [0.1, 0.15) is 24.3 Å². The topological polar surface area (TPSA) is 91.1 Å². The summed E-state index contributed by atoms with van der Waals surface area (Å²) >= 11 is 0. The molecule has 0 spiro atoms. The maximum absolute atomic E-state index is 13.0. The zero-order valence-electron chi connectivity index (χ0n) is 12.9. The van der Waals surface area contributed by atoms with E-state index < -0.39 is 36.0 Å². The van der Waals surface area contributed by atoms with Gasteiger partial charge in [0.25, 0.3) is 5.91 Å². The first-order valence-corrected chi connectivity index (χ1v) is 7.18. The number of amides is 1. The zero-order chi connectivity index (χ0) is 17.7. The van der Waals surface area contributed by atoms with Crippen molar-refractivity contribution < 1.29 is 22.7 Å².